The Hall–Kier alpha value is -1.84. The van der Waals surface area contributed by atoms with Gasteiger partial charge >= 0.3 is 0 Å². The number of fused-ring (bicyclic) bond motifs is 1. The minimum atomic E-state index is -3.34. The van der Waals surface area contributed by atoms with Gasteiger partial charge in [0.1, 0.15) is 17.5 Å². The van der Waals surface area contributed by atoms with Crippen LogP contribution in [0, 0.1) is 17.0 Å². The summed E-state index contributed by atoms with van der Waals surface area (Å²) in [5.74, 6) is -1.37. The first-order valence-corrected chi connectivity index (χ1v) is 12.2. The van der Waals surface area contributed by atoms with Crippen LogP contribution in [0.25, 0.3) is 11.4 Å². The fourth-order valence-electron chi connectivity index (χ4n) is 4.75. The zero-order valence-corrected chi connectivity index (χ0v) is 17.8. The van der Waals surface area contributed by atoms with Gasteiger partial charge in [0, 0.05) is 25.2 Å². The Labute approximate surface area is 178 Å². The molecule has 1 N–H and O–H groups in total. The number of benzene rings is 1. The van der Waals surface area contributed by atoms with E-state index in [1.807, 2.05) is 0 Å². The minimum Gasteiger partial charge on any atom is -0.356 e. The maximum Gasteiger partial charge on any atom is 0.164 e. The molecule has 0 bridgehead atoms. The summed E-state index contributed by atoms with van der Waals surface area (Å²) in [5, 5.41) is 3.10. The molecular weight excluding hydrogens is 434 g/mol. The summed E-state index contributed by atoms with van der Waals surface area (Å²) in [6.07, 6.45) is 3.09. The zero-order chi connectivity index (χ0) is 21.1. The van der Waals surface area contributed by atoms with E-state index in [0.717, 1.165) is 57.6 Å². The molecular formula is C20H21ClF2N4O2S. The van der Waals surface area contributed by atoms with Gasteiger partial charge in [0.05, 0.1) is 27.8 Å². The molecule has 0 atom stereocenters. The van der Waals surface area contributed by atoms with Crippen molar-refractivity contribution >= 4 is 27.3 Å². The van der Waals surface area contributed by atoms with Gasteiger partial charge in [-0.3, -0.25) is 0 Å². The maximum absolute atomic E-state index is 14.5. The summed E-state index contributed by atoms with van der Waals surface area (Å²) < 4.78 is 53.1. The molecule has 4 heterocycles. The van der Waals surface area contributed by atoms with E-state index in [9.17, 15) is 17.2 Å². The maximum atomic E-state index is 14.5. The third-order valence-corrected chi connectivity index (χ3v) is 8.23. The van der Waals surface area contributed by atoms with Crippen molar-refractivity contribution in [2.45, 2.75) is 30.8 Å². The monoisotopic (exact) mass is 454 g/mol. The predicted molar refractivity (Wildman–Crippen MR) is 110 cm³/mol. The molecule has 10 heteroatoms. The Morgan fingerprint density at radius 1 is 1.07 bits per heavy atom. The Kier molecular flexibility index (Phi) is 4.75. The number of nitrogens with zero attached hydrogens (tertiary/aromatic N) is 3. The van der Waals surface area contributed by atoms with Crippen molar-refractivity contribution in [3.8, 4) is 11.4 Å². The van der Waals surface area contributed by atoms with E-state index in [0.29, 0.717) is 17.1 Å². The fourth-order valence-corrected chi connectivity index (χ4v) is 6.40. The van der Waals surface area contributed by atoms with E-state index in [2.05, 4.69) is 20.2 Å². The zero-order valence-electron chi connectivity index (χ0n) is 16.2. The van der Waals surface area contributed by atoms with Crippen molar-refractivity contribution in [1.82, 2.24) is 15.3 Å². The van der Waals surface area contributed by atoms with Crippen LogP contribution in [0.1, 0.15) is 30.5 Å². The Morgan fingerprint density at radius 3 is 2.53 bits per heavy atom. The summed E-state index contributed by atoms with van der Waals surface area (Å²) in [5.41, 5.74) is 1.10. The van der Waals surface area contributed by atoms with Crippen LogP contribution in [-0.4, -0.2) is 44.6 Å². The predicted octanol–water partition coefficient (Wildman–Crippen LogP) is 3.08. The van der Waals surface area contributed by atoms with E-state index in [1.165, 1.54) is 0 Å². The molecule has 2 fully saturated rings. The lowest BCUT2D eigenvalue weighted by atomic mass is 9.78. The number of hydrogen-bond donors (Lipinski definition) is 1. The van der Waals surface area contributed by atoms with Gasteiger partial charge in [0.2, 0.25) is 0 Å². The van der Waals surface area contributed by atoms with Crippen LogP contribution in [0.4, 0.5) is 14.6 Å². The highest BCUT2D eigenvalue weighted by Gasteiger charge is 2.39. The van der Waals surface area contributed by atoms with Gasteiger partial charge in [0.25, 0.3) is 0 Å². The number of halogens is 3. The average molecular weight is 455 g/mol. The van der Waals surface area contributed by atoms with Crippen molar-refractivity contribution in [2.75, 3.05) is 31.1 Å². The summed E-state index contributed by atoms with van der Waals surface area (Å²) in [4.78, 5) is 10.9. The molecule has 3 aliphatic rings. The van der Waals surface area contributed by atoms with Gasteiger partial charge in [-0.2, -0.15) is 0 Å². The molecule has 1 aromatic heterocycles. The van der Waals surface area contributed by atoms with Crippen LogP contribution < -0.4 is 10.2 Å². The third-order valence-electron chi connectivity index (χ3n) is 6.50. The van der Waals surface area contributed by atoms with Gasteiger partial charge in [-0.1, -0.05) is 11.6 Å². The van der Waals surface area contributed by atoms with Crippen LogP contribution in [0.3, 0.4) is 0 Å². The summed E-state index contributed by atoms with van der Waals surface area (Å²) in [6, 6.07) is 1.85. The molecule has 1 spiro atoms. The van der Waals surface area contributed by atoms with Gasteiger partial charge in [-0.15, -0.1) is 0 Å². The highest BCUT2D eigenvalue weighted by atomic mass is 35.5. The molecule has 0 radical (unpaired) electrons. The normalized spacial score (nSPS) is 21.9. The molecule has 1 aromatic carbocycles. The highest BCUT2D eigenvalue weighted by molar-refractivity contribution is 7.90. The molecule has 0 unspecified atom stereocenters. The lowest BCUT2D eigenvalue weighted by Gasteiger charge is -2.40. The summed E-state index contributed by atoms with van der Waals surface area (Å²) >= 11 is 5.67. The molecule has 2 saturated heterocycles. The van der Waals surface area contributed by atoms with Gasteiger partial charge in [0.15, 0.2) is 15.7 Å². The number of rotatable bonds is 2. The van der Waals surface area contributed by atoms with Gasteiger partial charge in [-0.25, -0.2) is 27.2 Å². The van der Waals surface area contributed by atoms with E-state index in [1.54, 1.807) is 0 Å². The van der Waals surface area contributed by atoms with Gasteiger partial charge in [-0.05, 0) is 43.4 Å². The summed E-state index contributed by atoms with van der Waals surface area (Å²) in [7, 11) is -3.34. The number of sulfone groups is 1. The van der Waals surface area contributed by atoms with Crippen LogP contribution in [0.2, 0.25) is 5.02 Å². The first-order valence-electron chi connectivity index (χ1n) is 9.96. The van der Waals surface area contributed by atoms with Crippen LogP contribution in [0.5, 0.6) is 0 Å². The van der Waals surface area contributed by atoms with Crippen LogP contribution in [0.15, 0.2) is 12.1 Å². The van der Waals surface area contributed by atoms with Crippen molar-refractivity contribution in [2.24, 2.45) is 5.41 Å². The molecule has 160 valence electrons. The second-order valence-electron chi connectivity index (χ2n) is 8.49. The topological polar surface area (TPSA) is 75.2 Å². The van der Waals surface area contributed by atoms with E-state index >= 15 is 0 Å². The third kappa shape index (κ3) is 3.46. The van der Waals surface area contributed by atoms with Crippen molar-refractivity contribution in [3.05, 3.63) is 40.0 Å². The second-order valence-corrected chi connectivity index (χ2v) is 11.0. The fraction of sp³-hybridized carbons (Fsp3) is 0.500. The minimum absolute atomic E-state index is 0.0169. The second kappa shape index (κ2) is 7.10. The molecule has 6 nitrogen and oxygen atoms in total. The molecule has 0 saturated carbocycles. The number of piperidine rings is 1. The van der Waals surface area contributed by atoms with Crippen LogP contribution in [-0.2, 0) is 21.3 Å². The van der Waals surface area contributed by atoms with E-state index in [4.69, 9.17) is 11.6 Å². The molecule has 5 rings (SSSR count). The average Bonchev–Trinajstić information content (AvgIpc) is 3.27. The number of anilines is 1. The van der Waals surface area contributed by atoms with E-state index < -0.39 is 21.5 Å². The standard InChI is InChI=1S/C20H21ClF2N4O2S/c21-14-8-15(22)12(7-16(14)23)18-25-17-10-30(28,29)9-13(17)19(26-18)27-5-2-20(3-6-27)1-4-24-11-20/h7-8,24H,1-6,9-11H2. The Balaban J connectivity index is 1.57. The first kappa shape index (κ1) is 20.1. The van der Waals surface area contributed by atoms with Gasteiger partial charge < -0.3 is 10.2 Å². The number of nitrogens with one attached hydrogen (secondary N) is 1. The number of aromatic nitrogens is 2. The van der Waals surface area contributed by atoms with Crippen molar-refractivity contribution in [1.29, 1.82) is 0 Å². The largest absolute Gasteiger partial charge is 0.356 e. The van der Waals surface area contributed by atoms with Crippen LogP contribution >= 0.6 is 11.6 Å². The molecule has 0 amide bonds. The molecule has 3 aliphatic heterocycles. The van der Waals surface area contributed by atoms with Crippen molar-refractivity contribution in [3.63, 3.8) is 0 Å². The Bertz CT molecular complexity index is 1130. The summed E-state index contributed by atoms with van der Waals surface area (Å²) in [6.45, 7) is 3.49. The molecule has 30 heavy (non-hydrogen) atoms. The lowest BCUT2D eigenvalue weighted by molar-refractivity contribution is 0.247. The first-order chi connectivity index (χ1) is 14.3. The smallest absolute Gasteiger partial charge is 0.164 e. The quantitative estimate of drug-likeness (QED) is 0.703. The molecule has 0 aliphatic carbocycles. The highest BCUT2D eigenvalue weighted by Crippen LogP contribution is 2.41. The van der Waals surface area contributed by atoms with E-state index in [-0.39, 0.29) is 33.3 Å². The lowest BCUT2D eigenvalue weighted by Crippen LogP contribution is -2.42. The van der Waals surface area contributed by atoms with Crippen molar-refractivity contribution < 1.29 is 17.2 Å². The number of hydrogen-bond acceptors (Lipinski definition) is 6. The Morgan fingerprint density at radius 2 is 1.83 bits per heavy atom. The molecule has 2 aromatic rings. The SMILES string of the molecule is O=S1(=O)Cc2nc(-c3cc(F)c(Cl)cc3F)nc(N3CCC4(CCNC4)CC3)c2C1.